The normalized spacial score (nSPS) is 13.1. The van der Waals surface area contributed by atoms with Crippen LogP contribution in [0.4, 0.5) is 0 Å². The van der Waals surface area contributed by atoms with E-state index in [4.69, 9.17) is 4.52 Å². The van der Waals surface area contributed by atoms with E-state index in [1.54, 1.807) is 6.92 Å². The molecule has 0 aliphatic heterocycles. The van der Waals surface area contributed by atoms with Crippen LogP contribution in [0.15, 0.2) is 4.52 Å². The molecular weight excluding hydrogens is 192 g/mol. The molecule has 0 aliphatic rings. The van der Waals surface area contributed by atoms with Crippen molar-refractivity contribution >= 4 is 5.78 Å². The first-order chi connectivity index (χ1) is 7.04. The molecule has 1 aromatic rings. The fraction of sp³-hybridized carbons (Fsp3) is 0.727. The van der Waals surface area contributed by atoms with Gasteiger partial charge >= 0.3 is 0 Å². The van der Waals surface area contributed by atoms with E-state index in [1.807, 2.05) is 6.92 Å². The monoisotopic (exact) mass is 210 g/mol. The second kappa shape index (κ2) is 5.05. The van der Waals surface area contributed by atoms with Gasteiger partial charge in [-0.1, -0.05) is 25.9 Å². The van der Waals surface area contributed by atoms with Gasteiger partial charge in [0, 0.05) is 12.8 Å². The molecule has 0 radical (unpaired) electrons. The number of carbonyl (C=O) groups excluding carboxylic acids is 1. The number of aromatic nitrogens is 2. The highest BCUT2D eigenvalue weighted by atomic mass is 16.5. The van der Waals surface area contributed by atoms with Crippen molar-refractivity contribution in [2.24, 2.45) is 5.92 Å². The van der Waals surface area contributed by atoms with Crippen LogP contribution in [-0.2, 0) is 11.2 Å². The lowest BCUT2D eigenvalue weighted by Crippen LogP contribution is -2.08. The Bertz CT molecular complexity index is 331. The second-order valence-corrected chi connectivity index (χ2v) is 4.19. The quantitative estimate of drug-likeness (QED) is 0.748. The molecule has 4 heteroatoms. The summed E-state index contributed by atoms with van der Waals surface area (Å²) in [5, 5.41) is 3.86. The van der Waals surface area contributed by atoms with Crippen LogP contribution in [0.1, 0.15) is 51.7 Å². The van der Waals surface area contributed by atoms with Gasteiger partial charge in [-0.2, -0.15) is 4.98 Å². The molecule has 0 amide bonds. The molecule has 1 rings (SSSR count). The summed E-state index contributed by atoms with van der Waals surface area (Å²) in [5.41, 5.74) is 0. The Morgan fingerprint density at radius 3 is 2.60 bits per heavy atom. The van der Waals surface area contributed by atoms with Gasteiger partial charge in [0.15, 0.2) is 5.82 Å². The molecular formula is C11H18N2O2. The Hall–Kier alpha value is -1.19. The summed E-state index contributed by atoms with van der Waals surface area (Å²) in [4.78, 5) is 15.6. The largest absolute Gasteiger partial charge is 0.339 e. The number of nitrogens with zero attached hydrogens (tertiary/aromatic N) is 2. The molecule has 0 spiro atoms. The van der Waals surface area contributed by atoms with Gasteiger partial charge in [-0.25, -0.2) is 0 Å². The van der Waals surface area contributed by atoms with Crippen LogP contribution in [0.3, 0.4) is 0 Å². The maximum absolute atomic E-state index is 11.4. The van der Waals surface area contributed by atoms with Gasteiger partial charge in [-0.05, 0) is 12.8 Å². The van der Waals surface area contributed by atoms with Crippen LogP contribution in [0, 0.1) is 5.92 Å². The molecule has 1 heterocycles. The molecule has 0 aromatic carbocycles. The van der Waals surface area contributed by atoms with E-state index in [9.17, 15) is 4.79 Å². The van der Waals surface area contributed by atoms with Crippen molar-refractivity contribution in [2.75, 3.05) is 0 Å². The number of carbonyl (C=O) groups is 1. The molecule has 0 saturated heterocycles. The minimum absolute atomic E-state index is 0.134. The SMILES string of the molecule is CCC(=O)C(C)c1nc(CC(C)C)no1. The molecule has 1 unspecified atom stereocenters. The van der Waals surface area contributed by atoms with Crippen molar-refractivity contribution in [3.63, 3.8) is 0 Å². The van der Waals surface area contributed by atoms with Gasteiger partial charge in [0.05, 0.1) is 5.92 Å². The van der Waals surface area contributed by atoms with Crippen LogP contribution in [0.5, 0.6) is 0 Å². The van der Waals surface area contributed by atoms with Gasteiger partial charge in [0.25, 0.3) is 0 Å². The Morgan fingerprint density at radius 2 is 2.07 bits per heavy atom. The van der Waals surface area contributed by atoms with E-state index in [0.717, 1.165) is 6.42 Å². The third-order valence-electron chi connectivity index (χ3n) is 2.28. The lowest BCUT2D eigenvalue weighted by molar-refractivity contribution is -0.120. The number of Topliss-reactive ketones (excluding diaryl/α,β-unsaturated/α-hetero) is 1. The van der Waals surface area contributed by atoms with E-state index in [2.05, 4.69) is 24.0 Å². The Morgan fingerprint density at radius 1 is 1.40 bits per heavy atom. The average Bonchev–Trinajstić information content (AvgIpc) is 2.63. The molecule has 84 valence electrons. The first-order valence-corrected chi connectivity index (χ1v) is 5.39. The summed E-state index contributed by atoms with van der Waals surface area (Å²) >= 11 is 0. The molecule has 0 aliphatic carbocycles. The first kappa shape index (κ1) is 11.9. The summed E-state index contributed by atoms with van der Waals surface area (Å²) < 4.78 is 5.07. The third kappa shape index (κ3) is 3.15. The standard InChI is InChI=1S/C11H18N2O2/c1-5-9(14)8(4)11-12-10(13-15-11)6-7(2)3/h7-8H,5-6H2,1-4H3. The lowest BCUT2D eigenvalue weighted by atomic mass is 10.1. The van der Waals surface area contributed by atoms with Crippen molar-refractivity contribution in [3.8, 4) is 0 Å². The Balaban J connectivity index is 2.71. The van der Waals surface area contributed by atoms with Gasteiger partial charge in [-0.3, -0.25) is 4.79 Å². The van der Waals surface area contributed by atoms with E-state index in [-0.39, 0.29) is 11.7 Å². The fourth-order valence-electron chi connectivity index (χ4n) is 1.34. The highest BCUT2D eigenvalue weighted by Crippen LogP contribution is 2.16. The van der Waals surface area contributed by atoms with Crippen molar-refractivity contribution in [2.45, 2.75) is 46.5 Å². The lowest BCUT2D eigenvalue weighted by Gasteiger charge is -2.01. The highest BCUT2D eigenvalue weighted by molar-refractivity contribution is 5.83. The molecule has 0 bridgehead atoms. The van der Waals surface area contributed by atoms with Crippen LogP contribution >= 0.6 is 0 Å². The van der Waals surface area contributed by atoms with E-state index in [1.165, 1.54) is 0 Å². The molecule has 1 atom stereocenters. The van der Waals surface area contributed by atoms with Crippen molar-refractivity contribution < 1.29 is 9.32 Å². The topological polar surface area (TPSA) is 56.0 Å². The zero-order valence-corrected chi connectivity index (χ0v) is 9.78. The smallest absolute Gasteiger partial charge is 0.236 e. The molecule has 4 nitrogen and oxygen atoms in total. The van der Waals surface area contributed by atoms with Crippen molar-refractivity contribution in [3.05, 3.63) is 11.7 Å². The number of ketones is 1. The summed E-state index contributed by atoms with van der Waals surface area (Å²) in [6.07, 6.45) is 1.29. The van der Waals surface area contributed by atoms with Crippen molar-refractivity contribution in [1.29, 1.82) is 0 Å². The molecule has 0 fully saturated rings. The van der Waals surface area contributed by atoms with Crippen LogP contribution in [-0.4, -0.2) is 15.9 Å². The number of hydrogen-bond acceptors (Lipinski definition) is 4. The minimum atomic E-state index is -0.275. The number of rotatable bonds is 5. The van der Waals surface area contributed by atoms with Crippen LogP contribution in [0.2, 0.25) is 0 Å². The molecule has 1 aromatic heterocycles. The Kier molecular flexibility index (Phi) is 4.00. The predicted octanol–water partition coefficient (Wildman–Crippen LogP) is 2.35. The molecule has 15 heavy (non-hydrogen) atoms. The van der Waals surface area contributed by atoms with Crippen molar-refractivity contribution in [1.82, 2.24) is 10.1 Å². The van der Waals surface area contributed by atoms with Crippen LogP contribution in [0.25, 0.3) is 0 Å². The van der Waals surface area contributed by atoms with Gasteiger partial charge in [0.1, 0.15) is 5.78 Å². The van der Waals surface area contributed by atoms with Gasteiger partial charge in [0.2, 0.25) is 5.89 Å². The number of hydrogen-bond donors (Lipinski definition) is 0. The highest BCUT2D eigenvalue weighted by Gasteiger charge is 2.20. The second-order valence-electron chi connectivity index (χ2n) is 4.19. The van der Waals surface area contributed by atoms with E-state index >= 15 is 0 Å². The zero-order chi connectivity index (χ0) is 11.4. The van der Waals surface area contributed by atoms with E-state index in [0.29, 0.717) is 24.1 Å². The minimum Gasteiger partial charge on any atom is -0.339 e. The Labute approximate surface area is 90.1 Å². The summed E-state index contributed by atoms with van der Waals surface area (Å²) in [6, 6.07) is 0. The fourth-order valence-corrected chi connectivity index (χ4v) is 1.34. The zero-order valence-electron chi connectivity index (χ0n) is 9.78. The average molecular weight is 210 g/mol. The molecule has 0 N–H and O–H groups in total. The molecule has 0 saturated carbocycles. The van der Waals surface area contributed by atoms with E-state index < -0.39 is 0 Å². The summed E-state index contributed by atoms with van der Waals surface area (Å²) in [7, 11) is 0. The summed E-state index contributed by atoms with van der Waals surface area (Å²) in [6.45, 7) is 7.83. The van der Waals surface area contributed by atoms with Crippen LogP contribution < -0.4 is 0 Å². The summed E-state index contributed by atoms with van der Waals surface area (Å²) in [5.74, 6) is 1.49. The predicted molar refractivity (Wildman–Crippen MR) is 56.6 cm³/mol. The van der Waals surface area contributed by atoms with Gasteiger partial charge in [-0.15, -0.1) is 0 Å². The maximum atomic E-state index is 11.4. The van der Waals surface area contributed by atoms with Gasteiger partial charge < -0.3 is 4.52 Å². The third-order valence-corrected chi connectivity index (χ3v) is 2.28. The maximum Gasteiger partial charge on any atom is 0.236 e. The first-order valence-electron chi connectivity index (χ1n) is 5.39.